The van der Waals surface area contributed by atoms with Crippen molar-refractivity contribution >= 4 is 11.9 Å². The van der Waals surface area contributed by atoms with Crippen LogP contribution in [0.25, 0.3) is 0 Å². The molecule has 1 amide bonds. The molecular weight excluding hydrogens is 162 g/mol. The Balaban J connectivity index is 0.000000261. The normalized spacial score (nSPS) is 8.08. The van der Waals surface area contributed by atoms with Crippen LogP contribution in [0.15, 0.2) is 12.4 Å². The summed E-state index contributed by atoms with van der Waals surface area (Å²) in [5.41, 5.74) is 5.27. The van der Waals surface area contributed by atoms with Crippen LogP contribution >= 0.6 is 0 Å². The fourth-order valence-electron chi connectivity index (χ4n) is 0.386. The third-order valence-electron chi connectivity index (χ3n) is 0.783. The lowest BCUT2D eigenvalue weighted by atomic mass is 10.4. The minimum absolute atomic E-state index is 0.407. The van der Waals surface area contributed by atoms with Gasteiger partial charge in [-0.15, -0.1) is 0 Å². The highest BCUT2D eigenvalue weighted by atomic mass is 16.4. The number of hydrogen-bond donors (Lipinski definition) is 3. The van der Waals surface area contributed by atoms with E-state index in [9.17, 15) is 4.79 Å². The molecule has 0 atom stereocenters. The van der Waals surface area contributed by atoms with Crippen LogP contribution < -0.4 is 5.73 Å². The molecule has 1 aromatic rings. The number of carboxylic acids is 1. The van der Waals surface area contributed by atoms with Crippen LogP contribution in [0, 0.1) is 0 Å². The average molecular weight is 171 g/mol. The van der Waals surface area contributed by atoms with Crippen LogP contribution in [-0.2, 0) is 4.79 Å². The van der Waals surface area contributed by atoms with E-state index < -0.39 is 11.9 Å². The Morgan fingerprint density at radius 3 is 2.33 bits per heavy atom. The molecule has 4 N–H and O–H groups in total. The number of aromatic amines is 1. The number of H-pyrrole nitrogens is 1. The molecule has 0 fully saturated rings. The van der Waals surface area contributed by atoms with Gasteiger partial charge in [-0.25, -0.2) is 0 Å². The van der Waals surface area contributed by atoms with Gasteiger partial charge in [-0.2, -0.15) is 5.10 Å². The fraction of sp³-hybridized carbons (Fsp3) is 0.167. The fourth-order valence-corrected chi connectivity index (χ4v) is 0.386. The van der Waals surface area contributed by atoms with Gasteiger partial charge < -0.3 is 10.8 Å². The first-order valence-electron chi connectivity index (χ1n) is 3.02. The van der Waals surface area contributed by atoms with Gasteiger partial charge in [0.1, 0.15) is 0 Å². The molecule has 12 heavy (non-hydrogen) atoms. The third kappa shape index (κ3) is 4.98. The van der Waals surface area contributed by atoms with E-state index >= 15 is 0 Å². The second-order valence-corrected chi connectivity index (χ2v) is 1.87. The van der Waals surface area contributed by atoms with Gasteiger partial charge in [0.25, 0.3) is 11.9 Å². The number of nitrogens with zero attached hydrogens (tertiary/aromatic N) is 1. The molecule has 0 unspecified atom stereocenters. The molecular formula is C6H9N3O3. The first kappa shape index (κ1) is 10.2. The van der Waals surface area contributed by atoms with Crippen LogP contribution in [-0.4, -0.2) is 27.2 Å². The number of hydrogen-bond acceptors (Lipinski definition) is 3. The zero-order valence-corrected chi connectivity index (χ0v) is 6.44. The van der Waals surface area contributed by atoms with Crippen LogP contribution in [0.2, 0.25) is 0 Å². The first-order valence-corrected chi connectivity index (χ1v) is 3.02. The van der Waals surface area contributed by atoms with Crippen molar-refractivity contribution in [1.82, 2.24) is 10.2 Å². The molecule has 0 aromatic carbocycles. The van der Waals surface area contributed by atoms with Crippen molar-refractivity contribution in [2.45, 2.75) is 6.92 Å². The molecule has 1 aromatic heterocycles. The largest absolute Gasteiger partial charge is 0.481 e. The van der Waals surface area contributed by atoms with E-state index in [1.807, 2.05) is 0 Å². The van der Waals surface area contributed by atoms with Crippen molar-refractivity contribution in [1.29, 1.82) is 0 Å². The number of amides is 1. The van der Waals surface area contributed by atoms with E-state index in [1.165, 1.54) is 12.4 Å². The zero-order chi connectivity index (χ0) is 9.56. The molecule has 0 saturated heterocycles. The smallest absolute Gasteiger partial charge is 0.300 e. The van der Waals surface area contributed by atoms with Gasteiger partial charge in [0.05, 0.1) is 11.8 Å². The lowest BCUT2D eigenvalue weighted by molar-refractivity contribution is -0.134. The van der Waals surface area contributed by atoms with Crippen molar-refractivity contribution in [3.63, 3.8) is 0 Å². The Kier molecular flexibility index (Phi) is 4.13. The summed E-state index contributed by atoms with van der Waals surface area (Å²) < 4.78 is 0. The van der Waals surface area contributed by atoms with Crippen molar-refractivity contribution in [2.75, 3.05) is 0 Å². The molecule has 0 radical (unpaired) electrons. The van der Waals surface area contributed by atoms with Gasteiger partial charge in [0, 0.05) is 13.1 Å². The summed E-state index contributed by atoms with van der Waals surface area (Å²) in [6.45, 7) is 1.08. The zero-order valence-electron chi connectivity index (χ0n) is 6.44. The summed E-state index contributed by atoms with van der Waals surface area (Å²) in [7, 11) is 0. The summed E-state index contributed by atoms with van der Waals surface area (Å²) in [4.78, 5) is 19.2. The van der Waals surface area contributed by atoms with E-state index in [0.717, 1.165) is 6.92 Å². The lowest BCUT2D eigenvalue weighted by Gasteiger charge is -1.78. The summed E-state index contributed by atoms with van der Waals surface area (Å²) in [6.07, 6.45) is 2.82. The number of rotatable bonds is 1. The molecule has 66 valence electrons. The van der Waals surface area contributed by atoms with Gasteiger partial charge in [0.2, 0.25) is 0 Å². The third-order valence-corrected chi connectivity index (χ3v) is 0.783. The minimum Gasteiger partial charge on any atom is -0.481 e. The Hall–Kier alpha value is -1.85. The Labute approximate surface area is 68.4 Å². The van der Waals surface area contributed by atoms with Gasteiger partial charge in [-0.1, -0.05) is 0 Å². The van der Waals surface area contributed by atoms with E-state index in [4.69, 9.17) is 15.6 Å². The Morgan fingerprint density at radius 2 is 2.17 bits per heavy atom. The molecule has 6 heteroatoms. The number of carbonyl (C=O) groups excluding carboxylic acids is 1. The average Bonchev–Trinajstić information content (AvgIpc) is 2.34. The van der Waals surface area contributed by atoms with Gasteiger partial charge >= 0.3 is 0 Å². The number of carbonyl (C=O) groups is 2. The monoisotopic (exact) mass is 171 g/mol. The highest BCUT2D eigenvalue weighted by molar-refractivity contribution is 5.92. The second-order valence-electron chi connectivity index (χ2n) is 1.87. The number of aromatic nitrogens is 2. The minimum atomic E-state index is -0.833. The maximum absolute atomic E-state index is 10.2. The van der Waals surface area contributed by atoms with Gasteiger partial charge in [-0.3, -0.25) is 14.7 Å². The summed E-state index contributed by atoms with van der Waals surface area (Å²) in [5.74, 6) is -1.29. The number of nitrogens with two attached hydrogens (primary N) is 1. The molecule has 1 rings (SSSR count). The standard InChI is InChI=1S/C4H5N3O.C2H4O2/c5-4(8)3-1-6-7-2-3;1-2(3)4/h1-2H,(H2,5,8)(H,6,7);1H3,(H,3,4). The number of carboxylic acid groups (broad SMARTS) is 1. The highest BCUT2D eigenvalue weighted by Gasteiger charge is 1.96. The summed E-state index contributed by atoms with van der Waals surface area (Å²) in [6, 6.07) is 0. The topological polar surface area (TPSA) is 109 Å². The second kappa shape index (κ2) is 4.89. The number of primary amides is 1. The highest BCUT2D eigenvalue weighted by Crippen LogP contribution is 1.88. The van der Waals surface area contributed by atoms with Crippen LogP contribution in [0.4, 0.5) is 0 Å². The van der Waals surface area contributed by atoms with Crippen molar-refractivity contribution in [3.8, 4) is 0 Å². The van der Waals surface area contributed by atoms with Crippen LogP contribution in [0.3, 0.4) is 0 Å². The quantitative estimate of drug-likeness (QED) is 0.534. The molecule has 0 aliphatic heterocycles. The summed E-state index contributed by atoms with van der Waals surface area (Å²) >= 11 is 0. The lowest BCUT2D eigenvalue weighted by Crippen LogP contribution is -2.09. The maximum atomic E-state index is 10.2. The predicted molar refractivity (Wildman–Crippen MR) is 40.4 cm³/mol. The van der Waals surface area contributed by atoms with Crippen molar-refractivity contribution in [3.05, 3.63) is 18.0 Å². The molecule has 0 bridgehead atoms. The molecule has 0 aliphatic rings. The number of aliphatic carboxylic acids is 1. The Morgan fingerprint density at radius 1 is 1.67 bits per heavy atom. The Bertz CT molecular complexity index is 251. The number of nitrogens with one attached hydrogen (secondary N) is 1. The van der Waals surface area contributed by atoms with E-state index in [1.54, 1.807) is 0 Å². The van der Waals surface area contributed by atoms with E-state index in [2.05, 4.69) is 10.2 Å². The maximum Gasteiger partial charge on any atom is 0.300 e. The van der Waals surface area contributed by atoms with E-state index in [-0.39, 0.29) is 0 Å². The van der Waals surface area contributed by atoms with Gasteiger partial charge in [-0.05, 0) is 0 Å². The van der Waals surface area contributed by atoms with Crippen LogP contribution in [0.1, 0.15) is 17.3 Å². The van der Waals surface area contributed by atoms with Crippen molar-refractivity contribution < 1.29 is 14.7 Å². The SMILES string of the molecule is CC(=O)O.NC(=O)c1cn[nH]c1. The van der Waals surface area contributed by atoms with E-state index in [0.29, 0.717) is 5.56 Å². The molecule has 0 spiro atoms. The molecule has 0 aliphatic carbocycles. The predicted octanol–water partition coefficient (Wildman–Crippen LogP) is -0.401. The van der Waals surface area contributed by atoms with Gasteiger partial charge in [0.15, 0.2) is 0 Å². The molecule has 0 saturated carbocycles. The first-order chi connectivity index (χ1) is 5.54. The van der Waals surface area contributed by atoms with Crippen molar-refractivity contribution in [2.24, 2.45) is 5.73 Å². The molecule has 1 heterocycles. The molecule has 6 nitrogen and oxygen atoms in total. The summed E-state index contributed by atoms with van der Waals surface area (Å²) in [5, 5.41) is 13.4. The van der Waals surface area contributed by atoms with Crippen LogP contribution in [0.5, 0.6) is 0 Å².